The predicted molar refractivity (Wildman–Crippen MR) is 132 cm³/mol. The van der Waals surface area contributed by atoms with Gasteiger partial charge in [0.15, 0.2) is 11.8 Å². The summed E-state index contributed by atoms with van der Waals surface area (Å²) in [4.78, 5) is 4.76. The van der Waals surface area contributed by atoms with E-state index in [4.69, 9.17) is 21.3 Å². The van der Waals surface area contributed by atoms with Crippen LogP contribution in [0.5, 0.6) is 5.75 Å². The summed E-state index contributed by atoms with van der Waals surface area (Å²) < 4.78 is 7.19. The Morgan fingerprint density at radius 1 is 1.27 bits per heavy atom. The lowest BCUT2D eigenvalue weighted by atomic mass is 9.96. The summed E-state index contributed by atoms with van der Waals surface area (Å²) in [5.41, 5.74) is 1.08. The van der Waals surface area contributed by atoms with Crippen molar-refractivity contribution in [3.8, 4) is 5.75 Å². The van der Waals surface area contributed by atoms with E-state index in [1.165, 1.54) is 32.1 Å². The van der Waals surface area contributed by atoms with E-state index in [-0.39, 0.29) is 24.0 Å². The molecule has 1 fully saturated rings. The van der Waals surface area contributed by atoms with Gasteiger partial charge in [-0.2, -0.15) is 0 Å². The molecular weight excluding hydrogens is 515 g/mol. The van der Waals surface area contributed by atoms with Gasteiger partial charge in [0.25, 0.3) is 0 Å². The van der Waals surface area contributed by atoms with Gasteiger partial charge in [-0.05, 0) is 43.9 Å². The number of nitrogens with one attached hydrogen (secondary N) is 2. The fraction of sp³-hybridized carbons (Fsp3) is 0.571. The van der Waals surface area contributed by atoms with Crippen LogP contribution in [0.3, 0.4) is 0 Å². The van der Waals surface area contributed by atoms with Crippen LogP contribution in [0.2, 0.25) is 5.02 Å². The molecule has 30 heavy (non-hydrogen) atoms. The van der Waals surface area contributed by atoms with Gasteiger partial charge >= 0.3 is 0 Å². The second-order valence-corrected chi connectivity index (χ2v) is 7.91. The van der Waals surface area contributed by atoms with Gasteiger partial charge in [0.05, 0.1) is 7.11 Å². The number of rotatable bonds is 7. The molecule has 0 bridgehead atoms. The van der Waals surface area contributed by atoms with E-state index in [9.17, 15) is 0 Å². The summed E-state index contributed by atoms with van der Waals surface area (Å²) in [5.74, 6) is 3.33. The lowest BCUT2D eigenvalue weighted by Crippen LogP contribution is -2.44. The first-order valence-corrected chi connectivity index (χ1v) is 10.7. The quantitative estimate of drug-likeness (QED) is 0.312. The molecule has 1 aliphatic carbocycles. The van der Waals surface area contributed by atoms with Crippen molar-refractivity contribution < 1.29 is 4.74 Å². The SMILES string of the molecule is COc1ccc(CCNC(=NCc2nnc(C)n2C)NC2CCCCC2)c(Cl)c1.I. The number of hydrogen-bond acceptors (Lipinski definition) is 4. The zero-order chi connectivity index (χ0) is 20.6. The predicted octanol–water partition coefficient (Wildman–Crippen LogP) is 4.01. The third-order valence-electron chi connectivity index (χ3n) is 5.45. The van der Waals surface area contributed by atoms with E-state index < -0.39 is 0 Å². The number of hydrogen-bond donors (Lipinski definition) is 2. The first-order chi connectivity index (χ1) is 14.1. The van der Waals surface area contributed by atoms with Crippen LogP contribution in [0.15, 0.2) is 23.2 Å². The molecule has 166 valence electrons. The van der Waals surface area contributed by atoms with Crippen molar-refractivity contribution >= 4 is 41.5 Å². The molecular formula is C21H32ClIN6O. The van der Waals surface area contributed by atoms with Crippen molar-refractivity contribution in [2.24, 2.45) is 12.0 Å². The molecule has 0 atom stereocenters. The van der Waals surface area contributed by atoms with Gasteiger partial charge < -0.3 is 19.9 Å². The maximum Gasteiger partial charge on any atom is 0.191 e. The monoisotopic (exact) mass is 546 g/mol. The number of guanidine groups is 1. The molecule has 2 aromatic rings. The van der Waals surface area contributed by atoms with E-state index in [0.717, 1.165) is 46.9 Å². The second kappa shape index (κ2) is 12.3. The van der Waals surface area contributed by atoms with Gasteiger partial charge in [0.1, 0.15) is 18.1 Å². The zero-order valence-electron chi connectivity index (χ0n) is 17.9. The zero-order valence-corrected chi connectivity index (χ0v) is 21.0. The number of aryl methyl sites for hydroxylation is 1. The van der Waals surface area contributed by atoms with Crippen LogP contribution in [0, 0.1) is 6.92 Å². The van der Waals surface area contributed by atoms with Crippen molar-refractivity contribution in [2.45, 2.75) is 58.0 Å². The van der Waals surface area contributed by atoms with Crippen LogP contribution in [0.25, 0.3) is 0 Å². The molecule has 3 rings (SSSR count). The highest BCUT2D eigenvalue weighted by Crippen LogP contribution is 2.22. The smallest absolute Gasteiger partial charge is 0.191 e. The highest BCUT2D eigenvalue weighted by atomic mass is 127. The van der Waals surface area contributed by atoms with Crippen molar-refractivity contribution in [1.82, 2.24) is 25.4 Å². The third-order valence-corrected chi connectivity index (χ3v) is 5.81. The van der Waals surface area contributed by atoms with Gasteiger partial charge in [0, 0.05) is 24.7 Å². The Morgan fingerprint density at radius 2 is 2.03 bits per heavy atom. The summed E-state index contributed by atoms with van der Waals surface area (Å²) in [6, 6.07) is 6.27. The topological polar surface area (TPSA) is 76.4 Å². The Labute approximate surface area is 201 Å². The van der Waals surface area contributed by atoms with Crippen LogP contribution in [-0.2, 0) is 20.0 Å². The standard InChI is InChI=1S/C21H31ClN6O.HI/c1-15-26-27-20(28(15)2)14-24-21(25-17-7-5-4-6-8-17)23-12-11-16-9-10-18(29-3)13-19(16)22;/h9-10,13,17H,4-8,11-12,14H2,1-3H3,(H2,23,24,25);1H. The Bertz CT molecular complexity index is 835. The Balaban J connectivity index is 0.00000320. The third kappa shape index (κ3) is 7.01. The van der Waals surface area contributed by atoms with Gasteiger partial charge in [-0.3, -0.25) is 0 Å². The second-order valence-electron chi connectivity index (χ2n) is 7.50. The fourth-order valence-corrected chi connectivity index (χ4v) is 3.77. The minimum Gasteiger partial charge on any atom is -0.497 e. The van der Waals surface area contributed by atoms with E-state index in [2.05, 4.69) is 20.8 Å². The molecule has 9 heteroatoms. The lowest BCUT2D eigenvalue weighted by molar-refractivity contribution is 0.409. The lowest BCUT2D eigenvalue weighted by Gasteiger charge is -2.25. The molecule has 7 nitrogen and oxygen atoms in total. The van der Waals surface area contributed by atoms with Crippen LogP contribution in [-0.4, -0.2) is 40.4 Å². The van der Waals surface area contributed by atoms with E-state index >= 15 is 0 Å². The van der Waals surface area contributed by atoms with Gasteiger partial charge in [0.2, 0.25) is 0 Å². The molecule has 2 N–H and O–H groups in total. The Morgan fingerprint density at radius 3 is 2.67 bits per heavy atom. The van der Waals surface area contributed by atoms with Gasteiger partial charge in [-0.1, -0.05) is 36.9 Å². The van der Waals surface area contributed by atoms with E-state index in [1.54, 1.807) is 7.11 Å². The first-order valence-electron chi connectivity index (χ1n) is 10.3. The summed E-state index contributed by atoms with van der Waals surface area (Å²) in [6.07, 6.45) is 7.05. The van der Waals surface area contributed by atoms with Crippen LogP contribution >= 0.6 is 35.6 Å². The number of ether oxygens (including phenoxy) is 1. The van der Waals surface area contributed by atoms with Crippen molar-refractivity contribution in [1.29, 1.82) is 0 Å². The van der Waals surface area contributed by atoms with E-state index in [0.29, 0.717) is 12.6 Å². The maximum atomic E-state index is 6.37. The summed E-state index contributed by atoms with van der Waals surface area (Å²) in [5, 5.41) is 16.1. The minimum atomic E-state index is 0. The molecule has 1 aliphatic rings. The average molecular weight is 547 g/mol. The van der Waals surface area contributed by atoms with Gasteiger partial charge in [-0.25, -0.2) is 4.99 Å². The summed E-state index contributed by atoms with van der Waals surface area (Å²) in [6.45, 7) is 3.17. The van der Waals surface area contributed by atoms with Crippen LogP contribution in [0.4, 0.5) is 0 Å². The largest absolute Gasteiger partial charge is 0.497 e. The highest BCUT2D eigenvalue weighted by Gasteiger charge is 2.15. The highest BCUT2D eigenvalue weighted by molar-refractivity contribution is 14.0. The van der Waals surface area contributed by atoms with Gasteiger partial charge in [-0.15, -0.1) is 34.2 Å². The minimum absolute atomic E-state index is 0. The number of aromatic nitrogens is 3. The Hall–Kier alpha value is -1.55. The number of halogens is 2. The summed E-state index contributed by atoms with van der Waals surface area (Å²) in [7, 11) is 3.61. The normalized spacial score (nSPS) is 14.9. The molecule has 0 spiro atoms. The molecule has 1 saturated carbocycles. The summed E-state index contributed by atoms with van der Waals surface area (Å²) >= 11 is 6.37. The van der Waals surface area contributed by atoms with E-state index in [1.807, 2.05) is 36.7 Å². The molecule has 0 amide bonds. The first kappa shape index (κ1) is 24.7. The molecule has 1 aromatic heterocycles. The molecule has 0 unspecified atom stereocenters. The molecule has 1 heterocycles. The van der Waals surface area contributed by atoms with Crippen molar-refractivity contribution in [3.05, 3.63) is 40.4 Å². The number of methoxy groups -OCH3 is 1. The molecule has 0 saturated heterocycles. The molecule has 1 aromatic carbocycles. The maximum absolute atomic E-state index is 6.37. The number of benzene rings is 1. The van der Waals surface area contributed by atoms with Crippen LogP contribution < -0.4 is 15.4 Å². The number of nitrogens with zero attached hydrogens (tertiary/aromatic N) is 4. The number of aliphatic imine (C=N–C) groups is 1. The molecule has 0 radical (unpaired) electrons. The molecule has 0 aliphatic heterocycles. The fourth-order valence-electron chi connectivity index (χ4n) is 3.50. The van der Waals surface area contributed by atoms with Crippen molar-refractivity contribution in [3.63, 3.8) is 0 Å². The van der Waals surface area contributed by atoms with Crippen molar-refractivity contribution in [2.75, 3.05) is 13.7 Å². The van der Waals surface area contributed by atoms with Crippen LogP contribution in [0.1, 0.15) is 49.3 Å². The Kier molecular flexibility index (Phi) is 10.2. The average Bonchev–Trinajstić information content (AvgIpc) is 3.05.